The van der Waals surface area contributed by atoms with Crippen molar-refractivity contribution in [2.24, 2.45) is 0 Å². The fraction of sp³-hybridized carbons (Fsp3) is 0.333. The molecule has 0 fully saturated rings. The normalized spacial score (nSPS) is 14.2. The number of nitrogens with two attached hydrogens (primary N) is 1. The van der Waals surface area contributed by atoms with E-state index in [0.717, 1.165) is 11.3 Å². The first kappa shape index (κ1) is 12.7. The average Bonchev–Trinajstić information content (AvgIpc) is 2.98. The number of hydrogen-bond donors (Lipinski definition) is 1. The zero-order chi connectivity index (χ0) is 14.3. The molecular weight excluding hydrogens is 252 g/mol. The summed E-state index contributed by atoms with van der Waals surface area (Å²) in [5.41, 5.74) is 9.03. The van der Waals surface area contributed by atoms with Gasteiger partial charge in [-0.15, -0.1) is 0 Å². The Balaban J connectivity index is 1.78. The molecule has 1 amide bonds. The van der Waals surface area contributed by atoms with E-state index in [2.05, 4.69) is 18.9 Å². The Morgan fingerprint density at radius 3 is 2.85 bits per heavy atom. The predicted molar refractivity (Wildman–Crippen MR) is 77.0 cm³/mol. The van der Waals surface area contributed by atoms with Crippen molar-refractivity contribution >= 4 is 11.6 Å². The number of benzene rings is 1. The van der Waals surface area contributed by atoms with Crippen molar-refractivity contribution < 1.29 is 4.79 Å². The van der Waals surface area contributed by atoms with E-state index in [4.69, 9.17) is 5.73 Å². The Kier molecular flexibility index (Phi) is 2.97. The molecule has 0 saturated carbocycles. The summed E-state index contributed by atoms with van der Waals surface area (Å²) in [5.74, 6) is 0.0337. The molecule has 0 bridgehead atoms. The van der Waals surface area contributed by atoms with Crippen molar-refractivity contribution in [1.82, 2.24) is 14.7 Å². The number of fused-ring (bicyclic) bond motifs is 1. The summed E-state index contributed by atoms with van der Waals surface area (Å²) >= 11 is 0. The molecule has 1 aromatic carbocycles. The Labute approximate surface area is 118 Å². The zero-order valence-corrected chi connectivity index (χ0v) is 11.7. The van der Waals surface area contributed by atoms with Crippen LogP contribution in [0.15, 0.2) is 30.5 Å². The molecule has 20 heavy (non-hydrogen) atoms. The van der Waals surface area contributed by atoms with E-state index in [1.165, 1.54) is 0 Å². The minimum atomic E-state index is 0.0337. The molecule has 0 saturated heterocycles. The highest BCUT2D eigenvalue weighted by Gasteiger charge is 2.27. The summed E-state index contributed by atoms with van der Waals surface area (Å²) in [5, 5.41) is 4.49. The number of carbonyl (C=O) groups is 1. The maximum Gasteiger partial charge on any atom is 0.254 e. The number of carbonyl (C=O) groups excluding carboxylic acids is 1. The molecule has 0 unspecified atom stereocenters. The van der Waals surface area contributed by atoms with Crippen LogP contribution in [0.1, 0.15) is 41.5 Å². The second kappa shape index (κ2) is 4.67. The summed E-state index contributed by atoms with van der Waals surface area (Å²) in [7, 11) is 0. The molecule has 2 heterocycles. The number of anilines is 1. The lowest BCUT2D eigenvalue weighted by Crippen LogP contribution is -2.23. The van der Waals surface area contributed by atoms with Crippen molar-refractivity contribution in [3.8, 4) is 0 Å². The first-order valence-electron chi connectivity index (χ1n) is 6.76. The van der Waals surface area contributed by atoms with Crippen LogP contribution in [0.2, 0.25) is 0 Å². The third-order valence-corrected chi connectivity index (χ3v) is 3.56. The topological polar surface area (TPSA) is 64.2 Å². The fourth-order valence-electron chi connectivity index (χ4n) is 2.45. The first-order chi connectivity index (χ1) is 9.54. The molecule has 0 atom stereocenters. The van der Waals surface area contributed by atoms with Gasteiger partial charge < -0.3 is 10.6 Å². The standard InChI is InChI=1S/C15H18N4O/c1-10(2)19-6-5-13(17-19)9-18-8-11-3-4-12(16)7-14(11)15(18)20/h3-7,10H,8-9,16H2,1-2H3. The van der Waals surface area contributed by atoms with Gasteiger partial charge in [-0.2, -0.15) is 5.10 Å². The van der Waals surface area contributed by atoms with Gasteiger partial charge in [0.1, 0.15) is 0 Å². The van der Waals surface area contributed by atoms with Gasteiger partial charge in [0.2, 0.25) is 0 Å². The van der Waals surface area contributed by atoms with Gasteiger partial charge in [0.15, 0.2) is 0 Å². The lowest BCUT2D eigenvalue weighted by Gasteiger charge is -2.13. The lowest BCUT2D eigenvalue weighted by molar-refractivity contribution is 0.0764. The van der Waals surface area contributed by atoms with Gasteiger partial charge in [-0.1, -0.05) is 6.07 Å². The molecule has 2 N–H and O–H groups in total. The molecule has 2 aromatic rings. The quantitative estimate of drug-likeness (QED) is 0.870. The van der Waals surface area contributed by atoms with Crippen LogP contribution >= 0.6 is 0 Å². The molecule has 1 aliphatic heterocycles. The molecule has 5 nitrogen and oxygen atoms in total. The minimum absolute atomic E-state index is 0.0337. The van der Waals surface area contributed by atoms with E-state index < -0.39 is 0 Å². The van der Waals surface area contributed by atoms with Gasteiger partial charge in [0.25, 0.3) is 5.91 Å². The molecule has 5 heteroatoms. The predicted octanol–water partition coefficient (Wildman–Crippen LogP) is 2.20. The van der Waals surface area contributed by atoms with Crippen molar-refractivity contribution in [2.75, 3.05) is 5.73 Å². The van der Waals surface area contributed by atoms with Crippen molar-refractivity contribution in [3.05, 3.63) is 47.3 Å². The van der Waals surface area contributed by atoms with Crippen LogP contribution in [0.5, 0.6) is 0 Å². The first-order valence-corrected chi connectivity index (χ1v) is 6.76. The molecule has 3 rings (SSSR count). The molecule has 0 aliphatic carbocycles. The van der Waals surface area contributed by atoms with Crippen LogP contribution < -0.4 is 5.73 Å². The SMILES string of the molecule is CC(C)n1ccc(CN2Cc3ccc(N)cc3C2=O)n1. The van der Waals surface area contributed by atoms with Crippen LogP contribution in [-0.2, 0) is 13.1 Å². The number of amides is 1. The summed E-state index contributed by atoms with van der Waals surface area (Å²) in [4.78, 5) is 14.1. The van der Waals surface area contributed by atoms with Gasteiger partial charge in [-0.05, 0) is 37.6 Å². The molecule has 104 valence electrons. The number of nitrogen functional groups attached to an aromatic ring is 1. The summed E-state index contributed by atoms with van der Waals surface area (Å²) < 4.78 is 1.90. The summed E-state index contributed by atoms with van der Waals surface area (Å²) in [6.07, 6.45) is 1.95. The number of nitrogens with zero attached hydrogens (tertiary/aromatic N) is 3. The fourth-order valence-corrected chi connectivity index (χ4v) is 2.45. The molecule has 1 aliphatic rings. The van der Waals surface area contributed by atoms with Gasteiger partial charge in [-0.3, -0.25) is 9.48 Å². The highest BCUT2D eigenvalue weighted by molar-refractivity contribution is 5.99. The van der Waals surface area contributed by atoms with E-state index in [0.29, 0.717) is 30.4 Å². The molecular formula is C15H18N4O. The summed E-state index contributed by atoms with van der Waals surface area (Å²) in [6, 6.07) is 7.81. The maximum absolute atomic E-state index is 12.3. The smallest absolute Gasteiger partial charge is 0.254 e. The number of aromatic nitrogens is 2. The minimum Gasteiger partial charge on any atom is -0.399 e. The van der Waals surface area contributed by atoms with Crippen LogP contribution in [-0.4, -0.2) is 20.6 Å². The number of rotatable bonds is 3. The van der Waals surface area contributed by atoms with Crippen LogP contribution in [0.4, 0.5) is 5.69 Å². The Bertz CT molecular complexity index is 660. The highest BCUT2D eigenvalue weighted by atomic mass is 16.2. The maximum atomic E-state index is 12.3. The van der Waals surface area contributed by atoms with E-state index in [1.54, 1.807) is 11.0 Å². The van der Waals surface area contributed by atoms with Gasteiger partial charge in [0, 0.05) is 30.0 Å². The van der Waals surface area contributed by atoms with Crippen molar-refractivity contribution in [2.45, 2.75) is 33.0 Å². The molecule has 0 spiro atoms. The monoisotopic (exact) mass is 270 g/mol. The van der Waals surface area contributed by atoms with Gasteiger partial charge in [-0.25, -0.2) is 0 Å². The Morgan fingerprint density at radius 2 is 2.15 bits per heavy atom. The second-order valence-corrected chi connectivity index (χ2v) is 5.46. The van der Waals surface area contributed by atoms with E-state index in [9.17, 15) is 4.79 Å². The van der Waals surface area contributed by atoms with Crippen LogP contribution in [0.25, 0.3) is 0 Å². The third kappa shape index (κ3) is 2.15. The van der Waals surface area contributed by atoms with Crippen molar-refractivity contribution in [1.29, 1.82) is 0 Å². The van der Waals surface area contributed by atoms with Crippen molar-refractivity contribution in [3.63, 3.8) is 0 Å². The van der Waals surface area contributed by atoms with E-state index in [-0.39, 0.29) is 5.91 Å². The van der Waals surface area contributed by atoms with Gasteiger partial charge >= 0.3 is 0 Å². The Hall–Kier alpha value is -2.30. The molecule has 0 radical (unpaired) electrons. The summed E-state index contributed by atoms with van der Waals surface area (Å²) in [6.45, 7) is 5.32. The molecule has 1 aromatic heterocycles. The highest BCUT2D eigenvalue weighted by Crippen LogP contribution is 2.25. The second-order valence-electron chi connectivity index (χ2n) is 5.46. The van der Waals surface area contributed by atoms with Crippen LogP contribution in [0, 0.1) is 0 Å². The third-order valence-electron chi connectivity index (χ3n) is 3.56. The zero-order valence-electron chi connectivity index (χ0n) is 11.7. The lowest BCUT2D eigenvalue weighted by atomic mass is 10.1. The largest absolute Gasteiger partial charge is 0.399 e. The van der Waals surface area contributed by atoms with Crippen LogP contribution in [0.3, 0.4) is 0 Å². The van der Waals surface area contributed by atoms with E-state index >= 15 is 0 Å². The van der Waals surface area contributed by atoms with Gasteiger partial charge in [0.05, 0.1) is 12.2 Å². The average molecular weight is 270 g/mol. The number of hydrogen-bond acceptors (Lipinski definition) is 3. The Morgan fingerprint density at radius 1 is 1.35 bits per heavy atom. The van der Waals surface area contributed by atoms with E-state index in [1.807, 2.05) is 29.1 Å².